The normalized spacial score (nSPS) is 18.0. The molecular formula is C13H17N3O2. The van der Waals surface area contributed by atoms with Crippen molar-refractivity contribution in [2.75, 3.05) is 26.2 Å². The van der Waals surface area contributed by atoms with Gasteiger partial charge in [-0.1, -0.05) is 6.07 Å². The molecule has 18 heavy (non-hydrogen) atoms. The molecule has 0 saturated carbocycles. The summed E-state index contributed by atoms with van der Waals surface area (Å²) in [6.07, 6.45) is 1.18. The monoisotopic (exact) mass is 247 g/mol. The third kappa shape index (κ3) is 2.47. The summed E-state index contributed by atoms with van der Waals surface area (Å²) in [4.78, 5) is 16.2. The quantitative estimate of drug-likeness (QED) is 0.828. The van der Waals surface area contributed by atoms with E-state index in [0.29, 0.717) is 5.58 Å². The van der Waals surface area contributed by atoms with Crippen LogP contribution in [0.3, 0.4) is 0 Å². The van der Waals surface area contributed by atoms with Crippen LogP contribution in [0.4, 0.5) is 0 Å². The van der Waals surface area contributed by atoms with Crippen molar-refractivity contribution in [2.24, 2.45) is 0 Å². The highest BCUT2D eigenvalue weighted by molar-refractivity contribution is 5.72. The second-order valence-corrected chi connectivity index (χ2v) is 4.72. The fraction of sp³-hybridized carbons (Fsp3) is 0.462. The molecule has 1 aromatic carbocycles. The van der Waals surface area contributed by atoms with Crippen LogP contribution in [0.15, 0.2) is 27.4 Å². The zero-order valence-electron chi connectivity index (χ0n) is 10.2. The molecule has 0 radical (unpaired) electrons. The minimum atomic E-state index is -0.388. The lowest BCUT2D eigenvalue weighted by molar-refractivity contribution is 0.284. The maximum atomic E-state index is 11.1. The SMILES string of the molecule is O=c1[nH]c2ccc(CN3CCCNCC3)cc2o1. The number of hydrogen-bond acceptors (Lipinski definition) is 4. The number of oxazole rings is 1. The Bertz CT molecular complexity index is 579. The fourth-order valence-corrected chi connectivity index (χ4v) is 2.41. The van der Waals surface area contributed by atoms with E-state index in [4.69, 9.17) is 4.42 Å². The summed E-state index contributed by atoms with van der Waals surface area (Å²) >= 11 is 0. The van der Waals surface area contributed by atoms with Crippen molar-refractivity contribution in [1.82, 2.24) is 15.2 Å². The minimum Gasteiger partial charge on any atom is -0.408 e. The van der Waals surface area contributed by atoms with Crippen LogP contribution in [0.25, 0.3) is 11.1 Å². The third-order valence-corrected chi connectivity index (χ3v) is 3.32. The summed E-state index contributed by atoms with van der Waals surface area (Å²) in [5.41, 5.74) is 2.60. The molecule has 0 spiro atoms. The largest absolute Gasteiger partial charge is 0.417 e. The van der Waals surface area contributed by atoms with E-state index in [-0.39, 0.29) is 5.76 Å². The first-order chi connectivity index (χ1) is 8.81. The Hall–Kier alpha value is -1.59. The Kier molecular flexibility index (Phi) is 3.17. The van der Waals surface area contributed by atoms with Gasteiger partial charge in [-0.15, -0.1) is 0 Å². The van der Waals surface area contributed by atoms with Gasteiger partial charge in [0.05, 0.1) is 5.52 Å². The average molecular weight is 247 g/mol. The third-order valence-electron chi connectivity index (χ3n) is 3.32. The standard InChI is InChI=1S/C13H17N3O2/c17-13-15-11-3-2-10(8-12(11)18-13)9-16-6-1-4-14-5-7-16/h2-3,8,14H,1,4-7,9H2,(H,15,17). The van der Waals surface area contributed by atoms with E-state index in [1.54, 1.807) is 0 Å². The summed E-state index contributed by atoms with van der Waals surface area (Å²) in [5, 5.41) is 3.39. The van der Waals surface area contributed by atoms with Crippen LogP contribution >= 0.6 is 0 Å². The minimum absolute atomic E-state index is 0.388. The van der Waals surface area contributed by atoms with Crippen LogP contribution in [0.5, 0.6) is 0 Å². The zero-order chi connectivity index (χ0) is 12.4. The number of nitrogens with zero attached hydrogens (tertiary/aromatic N) is 1. The molecule has 5 nitrogen and oxygen atoms in total. The molecule has 0 amide bonds. The Balaban J connectivity index is 1.78. The van der Waals surface area contributed by atoms with Crippen LogP contribution in [-0.4, -0.2) is 36.1 Å². The Morgan fingerprint density at radius 2 is 2.22 bits per heavy atom. The van der Waals surface area contributed by atoms with E-state index in [2.05, 4.69) is 15.2 Å². The van der Waals surface area contributed by atoms with Gasteiger partial charge in [0.2, 0.25) is 0 Å². The number of aromatic nitrogens is 1. The highest BCUT2D eigenvalue weighted by Crippen LogP contribution is 2.14. The number of H-pyrrole nitrogens is 1. The molecule has 1 aromatic heterocycles. The van der Waals surface area contributed by atoms with Crippen LogP contribution in [0.1, 0.15) is 12.0 Å². The number of aromatic amines is 1. The summed E-state index contributed by atoms with van der Waals surface area (Å²) in [7, 11) is 0. The van der Waals surface area contributed by atoms with Crippen molar-refractivity contribution in [3.8, 4) is 0 Å². The lowest BCUT2D eigenvalue weighted by Crippen LogP contribution is -2.27. The molecule has 1 fully saturated rings. The van der Waals surface area contributed by atoms with Crippen LogP contribution in [0.2, 0.25) is 0 Å². The fourth-order valence-electron chi connectivity index (χ4n) is 2.41. The number of fused-ring (bicyclic) bond motifs is 1. The lowest BCUT2D eigenvalue weighted by atomic mass is 10.2. The van der Waals surface area contributed by atoms with Crippen molar-refractivity contribution in [2.45, 2.75) is 13.0 Å². The first-order valence-electron chi connectivity index (χ1n) is 6.36. The Morgan fingerprint density at radius 1 is 1.28 bits per heavy atom. The van der Waals surface area contributed by atoms with Crippen LogP contribution in [0, 0.1) is 0 Å². The molecule has 5 heteroatoms. The smallest absolute Gasteiger partial charge is 0.408 e. The van der Waals surface area contributed by atoms with Gasteiger partial charge in [-0.3, -0.25) is 9.88 Å². The van der Waals surface area contributed by atoms with Crippen LogP contribution < -0.4 is 11.1 Å². The highest BCUT2D eigenvalue weighted by Gasteiger charge is 2.10. The molecule has 2 aromatic rings. The summed E-state index contributed by atoms with van der Waals surface area (Å²) in [6, 6.07) is 5.91. The Morgan fingerprint density at radius 3 is 3.17 bits per heavy atom. The highest BCUT2D eigenvalue weighted by atomic mass is 16.4. The first kappa shape index (κ1) is 11.5. The maximum absolute atomic E-state index is 11.1. The van der Waals surface area contributed by atoms with Crippen molar-refractivity contribution in [3.05, 3.63) is 34.3 Å². The summed E-state index contributed by atoms with van der Waals surface area (Å²) in [6.45, 7) is 5.23. The van der Waals surface area contributed by atoms with Gasteiger partial charge in [-0.05, 0) is 37.2 Å². The van der Waals surface area contributed by atoms with Crippen molar-refractivity contribution >= 4 is 11.1 Å². The van der Waals surface area contributed by atoms with Gasteiger partial charge >= 0.3 is 5.76 Å². The number of rotatable bonds is 2. The number of hydrogen-bond donors (Lipinski definition) is 2. The molecule has 1 aliphatic heterocycles. The van der Waals surface area contributed by atoms with E-state index in [0.717, 1.165) is 38.2 Å². The first-order valence-corrected chi connectivity index (χ1v) is 6.36. The molecule has 0 unspecified atom stereocenters. The van der Waals surface area contributed by atoms with Crippen molar-refractivity contribution < 1.29 is 4.42 Å². The molecular weight excluding hydrogens is 230 g/mol. The predicted molar refractivity (Wildman–Crippen MR) is 69.6 cm³/mol. The van der Waals surface area contributed by atoms with Gasteiger partial charge in [-0.25, -0.2) is 4.79 Å². The summed E-state index contributed by atoms with van der Waals surface area (Å²) < 4.78 is 5.08. The number of nitrogens with one attached hydrogen (secondary N) is 2. The van der Waals surface area contributed by atoms with E-state index in [1.165, 1.54) is 12.0 Å². The molecule has 1 aliphatic rings. The molecule has 0 aliphatic carbocycles. The van der Waals surface area contributed by atoms with Gasteiger partial charge in [-0.2, -0.15) is 0 Å². The predicted octanol–water partition coefficient (Wildman–Crippen LogP) is 0.916. The number of benzene rings is 1. The zero-order valence-corrected chi connectivity index (χ0v) is 10.2. The Labute approximate surface area is 105 Å². The molecule has 2 N–H and O–H groups in total. The topological polar surface area (TPSA) is 61.3 Å². The molecule has 2 heterocycles. The van der Waals surface area contributed by atoms with Gasteiger partial charge in [0.15, 0.2) is 5.58 Å². The second-order valence-electron chi connectivity index (χ2n) is 4.72. The van der Waals surface area contributed by atoms with E-state index < -0.39 is 0 Å². The van der Waals surface area contributed by atoms with E-state index in [1.807, 2.05) is 18.2 Å². The van der Waals surface area contributed by atoms with E-state index >= 15 is 0 Å². The van der Waals surface area contributed by atoms with E-state index in [9.17, 15) is 4.79 Å². The van der Waals surface area contributed by atoms with Gasteiger partial charge in [0.1, 0.15) is 0 Å². The van der Waals surface area contributed by atoms with Gasteiger partial charge in [0.25, 0.3) is 0 Å². The second kappa shape index (κ2) is 4.96. The maximum Gasteiger partial charge on any atom is 0.417 e. The molecule has 0 bridgehead atoms. The van der Waals surface area contributed by atoms with Crippen LogP contribution in [-0.2, 0) is 6.54 Å². The van der Waals surface area contributed by atoms with Gasteiger partial charge < -0.3 is 9.73 Å². The summed E-state index contributed by atoms with van der Waals surface area (Å²) in [5.74, 6) is -0.388. The average Bonchev–Trinajstić information content (AvgIpc) is 2.56. The molecule has 96 valence electrons. The van der Waals surface area contributed by atoms with Crippen molar-refractivity contribution in [1.29, 1.82) is 0 Å². The lowest BCUT2D eigenvalue weighted by Gasteiger charge is -2.19. The molecule has 3 rings (SSSR count). The molecule has 0 atom stereocenters. The molecule has 1 saturated heterocycles. The van der Waals surface area contributed by atoms with Gasteiger partial charge in [0, 0.05) is 19.6 Å². The van der Waals surface area contributed by atoms with Crippen molar-refractivity contribution in [3.63, 3.8) is 0 Å².